The second-order valence-electron chi connectivity index (χ2n) is 4.55. The molecule has 1 unspecified atom stereocenters. The number of amides is 1. The van der Waals surface area contributed by atoms with Gasteiger partial charge in [0.25, 0.3) is 0 Å². The van der Waals surface area contributed by atoms with Crippen LogP contribution in [0.15, 0.2) is 4.52 Å². The van der Waals surface area contributed by atoms with E-state index >= 15 is 0 Å². The largest absolute Gasteiger partial charge is 0.359 e. The van der Waals surface area contributed by atoms with Crippen molar-refractivity contribution in [2.24, 2.45) is 5.92 Å². The number of thioether (sulfide) groups is 1. The Labute approximate surface area is 110 Å². The molecule has 1 amide bonds. The molecule has 0 bridgehead atoms. The molecule has 1 aromatic heterocycles. The number of carbonyl (C=O) groups is 2. The van der Waals surface area contributed by atoms with Gasteiger partial charge in [0, 0.05) is 25.6 Å². The fourth-order valence-electron chi connectivity index (χ4n) is 2.21. The number of hydrogen-bond donors (Lipinski definition) is 0. The molecule has 1 aliphatic heterocycles. The molecule has 0 spiro atoms. The van der Waals surface area contributed by atoms with Gasteiger partial charge in [0.15, 0.2) is 10.9 Å². The summed E-state index contributed by atoms with van der Waals surface area (Å²) >= 11 is 1.28. The predicted octanol–water partition coefficient (Wildman–Crippen LogP) is 1.92. The van der Waals surface area contributed by atoms with E-state index in [-0.39, 0.29) is 16.9 Å². The lowest BCUT2D eigenvalue weighted by molar-refractivity contribution is -0.117. The van der Waals surface area contributed by atoms with Crippen LogP contribution in [0.25, 0.3) is 0 Å². The van der Waals surface area contributed by atoms with Crippen molar-refractivity contribution in [3.63, 3.8) is 0 Å². The molecule has 5 nitrogen and oxygen atoms in total. The summed E-state index contributed by atoms with van der Waals surface area (Å²) in [5.41, 5.74) is 1.52. The van der Waals surface area contributed by atoms with E-state index in [1.807, 2.05) is 6.92 Å². The molecule has 0 N–H and O–H groups in total. The van der Waals surface area contributed by atoms with Gasteiger partial charge in [-0.25, -0.2) is 0 Å². The van der Waals surface area contributed by atoms with Crippen LogP contribution in [0.1, 0.15) is 24.8 Å². The van der Waals surface area contributed by atoms with E-state index in [1.165, 1.54) is 11.8 Å². The maximum atomic E-state index is 12.0. The van der Waals surface area contributed by atoms with Crippen molar-refractivity contribution < 1.29 is 14.1 Å². The van der Waals surface area contributed by atoms with Crippen LogP contribution in [-0.2, 0) is 9.59 Å². The van der Waals surface area contributed by atoms with E-state index < -0.39 is 0 Å². The number of aromatic nitrogens is 1. The van der Waals surface area contributed by atoms with Gasteiger partial charge in [0.1, 0.15) is 11.4 Å². The third-order valence-electron chi connectivity index (χ3n) is 2.99. The minimum Gasteiger partial charge on any atom is -0.359 e. The second kappa shape index (κ2) is 5.14. The highest BCUT2D eigenvalue weighted by Crippen LogP contribution is 2.31. The molecule has 98 valence electrons. The fourth-order valence-corrected chi connectivity index (χ4v) is 2.90. The van der Waals surface area contributed by atoms with Crippen molar-refractivity contribution in [1.82, 2.24) is 5.16 Å². The third kappa shape index (κ3) is 2.58. The summed E-state index contributed by atoms with van der Waals surface area (Å²) < 4.78 is 5.09. The van der Waals surface area contributed by atoms with E-state index in [0.29, 0.717) is 24.5 Å². The first-order valence-electron chi connectivity index (χ1n) is 5.85. The molecule has 2 rings (SSSR count). The quantitative estimate of drug-likeness (QED) is 0.838. The van der Waals surface area contributed by atoms with Gasteiger partial charge in [-0.3, -0.25) is 9.59 Å². The van der Waals surface area contributed by atoms with E-state index in [2.05, 4.69) is 5.16 Å². The molecule has 1 saturated heterocycles. The molecule has 0 saturated carbocycles. The molecule has 1 aromatic rings. The van der Waals surface area contributed by atoms with Gasteiger partial charge in [-0.15, -0.1) is 0 Å². The molecule has 2 heterocycles. The lowest BCUT2D eigenvalue weighted by Crippen LogP contribution is -2.25. The number of aryl methyl sites for hydroxylation is 2. The topological polar surface area (TPSA) is 63.4 Å². The Morgan fingerprint density at radius 2 is 2.28 bits per heavy atom. The maximum absolute atomic E-state index is 12.0. The summed E-state index contributed by atoms with van der Waals surface area (Å²) in [6, 6.07) is 0. The molecule has 0 radical (unpaired) electrons. The summed E-state index contributed by atoms with van der Waals surface area (Å²) in [5, 5.41) is 3.96. The summed E-state index contributed by atoms with van der Waals surface area (Å²) in [7, 11) is 0. The van der Waals surface area contributed by atoms with Crippen LogP contribution in [0.5, 0.6) is 0 Å². The first-order chi connectivity index (χ1) is 8.49. The average Bonchev–Trinajstić information content (AvgIpc) is 2.80. The molecule has 1 atom stereocenters. The molecular formula is C12H16N2O3S. The van der Waals surface area contributed by atoms with Crippen molar-refractivity contribution in [2.45, 2.75) is 27.2 Å². The first kappa shape index (κ1) is 13.1. The molecular weight excluding hydrogens is 252 g/mol. The van der Waals surface area contributed by atoms with E-state index in [9.17, 15) is 9.59 Å². The van der Waals surface area contributed by atoms with Gasteiger partial charge in [0.05, 0.1) is 0 Å². The Morgan fingerprint density at radius 1 is 1.56 bits per heavy atom. The average molecular weight is 268 g/mol. The summed E-state index contributed by atoms with van der Waals surface area (Å²) in [5.74, 6) is 1.67. The molecule has 0 aliphatic carbocycles. The first-order valence-corrected chi connectivity index (χ1v) is 6.84. The van der Waals surface area contributed by atoms with Gasteiger partial charge in [-0.2, -0.15) is 0 Å². The second-order valence-corrected chi connectivity index (χ2v) is 5.75. The Kier molecular flexibility index (Phi) is 3.75. The lowest BCUT2D eigenvalue weighted by atomic mass is 10.1. The van der Waals surface area contributed by atoms with Crippen molar-refractivity contribution in [2.75, 3.05) is 17.2 Å². The van der Waals surface area contributed by atoms with E-state index in [4.69, 9.17) is 4.52 Å². The van der Waals surface area contributed by atoms with E-state index in [0.717, 1.165) is 11.4 Å². The number of carbonyl (C=O) groups excluding carboxylic acids is 2. The summed E-state index contributed by atoms with van der Waals surface area (Å²) in [4.78, 5) is 24.7. The molecule has 1 fully saturated rings. The van der Waals surface area contributed by atoms with Crippen molar-refractivity contribution >= 4 is 28.5 Å². The number of nitrogens with zero attached hydrogens (tertiary/aromatic N) is 2. The predicted molar refractivity (Wildman–Crippen MR) is 69.6 cm³/mol. The van der Waals surface area contributed by atoms with E-state index in [1.54, 1.807) is 18.7 Å². The zero-order chi connectivity index (χ0) is 13.3. The van der Waals surface area contributed by atoms with Crippen LogP contribution in [0.4, 0.5) is 5.69 Å². The van der Waals surface area contributed by atoms with Crippen LogP contribution in [-0.4, -0.2) is 28.5 Å². The van der Waals surface area contributed by atoms with Crippen molar-refractivity contribution in [3.05, 3.63) is 11.5 Å². The molecule has 0 aromatic carbocycles. The highest BCUT2D eigenvalue weighted by molar-refractivity contribution is 8.13. The van der Waals surface area contributed by atoms with Gasteiger partial charge in [-0.05, 0) is 19.8 Å². The zero-order valence-electron chi connectivity index (χ0n) is 10.7. The molecule has 1 aliphatic rings. The minimum absolute atomic E-state index is 0.0820. The molecule has 18 heavy (non-hydrogen) atoms. The van der Waals surface area contributed by atoms with Gasteiger partial charge >= 0.3 is 0 Å². The van der Waals surface area contributed by atoms with Gasteiger partial charge in [0.2, 0.25) is 5.91 Å². The standard InChI is InChI=1S/C12H16N2O3S/c1-7-12(8(2)17-13-7)14-5-10(4-11(14)16)6-18-9(3)15/h10H,4-6H2,1-3H3. The highest BCUT2D eigenvalue weighted by Gasteiger charge is 2.33. The fraction of sp³-hybridized carbons (Fsp3) is 0.583. The van der Waals surface area contributed by atoms with Crippen LogP contribution >= 0.6 is 11.8 Å². The number of hydrogen-bond acceptors (Lipinski definition) is 5. The third-order valence-corrected chi connectivity index (χ3v) is 4.04. The monoisotopic (exact) mass is 268 g/mol. The van der Waals surface area contributed by atoms with Gasteiger partial charge in [-0.1, -0.05) is 16.9 Å². The smallest absolute Gasteiger partial charge is 0.227 e. The lowest BCUT2D eigenvalue weighted by Gasteiger charge is -2.15. The maximum Gasteiger partial charge on any atom is 0.227 e. The van der Waals surface area contributed by atoms with Crippen LogP contribution in [0, 0.1) is 19.8 Å². The minimum atomic E-state index is 0.0820. The zero-order valence-corrected chi connectivity index (χ0v) is 11.5. The van der Waals surface area contributed by atoms with Crippen LogP contribution in [0.3, 0.4) is 0 Å². The van der Waals surface area contributed by atoms with Crippen molar-refractivity contribution in [3.8, 4) is 0 Å². The van der Waals surface area contributed by atoms with Crippen LogP contribution < -0.4 is 4.90 Å². The Morgan fingerprint density at radius 3 is 2.83 bits per heavy atom. The Bertz CT molecular complexity index is 464. The normalized spacial score (nSPS) is 19.6. The Hall–Kier alpha value is -1.30. The SMILES string of the molecule is CC(=O)SCC1CC(=O)N(c2c(C)noc2C)C1. The Balaban J connectivity index is 2.08. The number of anilines is 1. The van der Waals surface area contributed by atoms with Gasteiger partial charge < -0.3 is 9.42 Å². The summed E-state index contributed by atoms with van der Waals surface area (Å²) in [6.07, 6.45) is 0.490. The highest BCUT2D eigenvalue weighted by atomic mass is 32.2. The van der Waals surface area contributed by atoms with Crippen LogP contribution in [0.2, 0.25) is 0 Å². The van der Waals surface area contributed by atoms with Crippen molar-refractivity contribution in [1.29, 1.82) is 0 Å². The number of rotatable bonds is 3. The molecule has 6 heteroatoms. The summed E-state index contributed by atoms with van der Waals surface area (Å²) in [6.45, 7) is 5.83.